The van der Waals surface area contributed by atoms with Crippen LogP contribution in [0.3, 0.4) is 0 Å². The van der Waals surface area contributed by atoms with Crippen LogP contribution >= 0.6 is 0 Å². The molecule has 0 unspecified atom stereocenters. The number of ether oxygens (including phenoxy) is 1. The summed E-state index contributed by atoms with van der Waals surface area (Å²) in [4.78, 5) is 27.4. The molecule has 1 aliphatic heterocycles. The molecule has 1 N–H and O–H groups in total. The number of nitrogens with zero attached hydrogens (tertiary/aromatic N) is 4. The molecule has 0 bridgehead atoms. The highest BCUT2D eigenvalue weighted by molar-refractivity contribution is 5.92. The lowest BCUT2D eigenvalue weighted by Crippen LogP contribution is -2.44. The Labute approximate surface area is 147 Å². The van der Waals surface area contributed by atoms with Crippen LogP contribution in [0.1, 0.15) is 33.6 Å². The molecule has 1 amide bonds. The van der Waals surface area contributed by atoms with Gasteiger partial charge in [0.1, 0.15) is 11.5 Å². The molecule has 0 radical (unpaired) electrons. The summed E-state index contributed by atoms with van der Waals surface area (Å²) in [5.74, 6) is 0.421. The van der Waals surface area contributed by atoms with Gasteiger partial charge in [-0.2, -0.15) is 0 Å². The Kier molecular flexibility index (Phi) is 5.67. The number of amides is 1. The van der Waals surface area contributed by atoms with E-state index in [4.69, 9.17) is 4.74 Å². The van der Waals surface area contributed by atoms with Crippen molar-refractivity contribution in [1.29, 1.82) is 0 Å². The second kappa shape index (κ2) is 8.13. The molecule has 2 aromatic rings. The molecular weight excluding hydrogens is 318 g/mol. The standard InChI is InChI=1S/C18H23N5O2/c1-13-11-16(22-14(2)21-13)18(24)20-12-17(15-3-5-19-6-4-15)23-7-9-25-10-8-23/h3-6,11,17H,7-10,12H2,1-2H3,(H,20,24)/t17-/m0/s1. The normalized spacial score (nSPS) is 16.4. The first kappa shape index (κ1) is 17.4. The van der Waals surface area contributed by atoms with Crippen LogP contribution in [0.5, 0.6) is 0 Å². The lowest BCUT2D eigenvalue weighted by molar-refractivity contribution is 0.0162. The van der Waals surface area contributed by atoms with Gasteiger partial charge in [-0.1, -0.05) is 0 Å². The number of rotatable bonds is 5. The van der Waals surface area contributed by atoms with E-state index in [-0.39, 0.29) is 11.9 Å². The Morgan fingerprint density at radius 3 is 2.64 bits per heavy atom. The maximum absolute atomic E-state index is 12.5. The lowest BCUT2D eigenvalue weighted by Gasteiger charge is -2.34. The van der Waals surface area contributed by atoms with Crippen LogP contribution in [-0.4, -0.2) is 58.6 Å². The minimum absolute atomic E-state index is 0.0832. The molecule has 2 aromatic heterocycles. The first-order valence-electron chi connectivity index (χ1n) is 8.45. The van der Waals surface area contributed by atoms with Gasteiger partial charge in [-0.05, 0) is 37.6 Å². The summed E-state index contributed by atoms with van der Waals surface area (Å²) in [6, 6.07) is 5.77. The third-order valence-electron chi connectivity index (χ3n) is 4.23. The number of pyridine rings is 1. The number of hydrogen-bond donors (Lipinski definition) is 1. The molecular formula is C18H23N5O2. The molecule has 1 saturated heterocycles. The number of hydrogen-bond acceptors (Lipinski definition) is 6. The summed E-state index contributed by atoms with van der Waals surface area (Å²) in [7, 11) is 0. The van der Waals surface area contributed by atoms with Crippen LogP contribution in [0.2, 0.25) is 0 Å². The maximum atomic E-state index is 12.5. The van der Waals surface area contributed by atoms with Crippen molar-refractivity contribution < 1.29 is 9.53 Å². The van der Waals surface area contributed by atoms with Gasteiger partial charge in [0.15, 0.2) is 0 Å². The van der Waals surface area contributed by atoms with E-state index in [0.717, 1.165) is 24.3 Å². The monoisotopic (exact) mass is 341 g/mol. The summed E-state index contributed by atoms with van der Waals surface area (Å²) in [6.45, 7) is 7.25. The summed E-state index contributed by atoms with van der Waals surface area (Å²) in [5, 5.41) is 3.02. The molecule has 7 nitrogen and oxygen atoms in total. The Balaban J connectivity index is 1.72. The van der Waals surface area contributed by atoms with E-state index in [1.807, 2.05) is 19.1 Å². The first-order chi connectivity index (χ1) is 12.1. The maximum Gasteiger partial charge on any atom is 0.270 e. The average Bonchev–Trinajstić information content (AvgIpc) is 2.63. The summed E-state index contributed by atoms with van der Waals surface area (Å²) in [6.07, 6.45) is 3.56. The fraction of sp³-hybridized carbons (Fsp3) is 0.444. The van der Waals surface area contributed by atoms with Crippen molar-refractivity contribution in [3.63, 3.8) is 0 Å². The van der Waals surface area contributed by atoms with Crippen molar-refractivity contribution in [1.82, 2.24) is 25.2 Å². The van der Waals surface area contributed by atoms with Gasteiger partial charge in [0.05, 0.1) is 19.3 Å². The van der Waals surface area contributed by atoms with Gasteiger partial charge in [0.2, 0.25) is 0 Å². The molecule has 7 heteroatoms. The van der Waals surface area contributed by atoms with Gasteiger partial charge in [-0.3, -0.25) is 14.7 Å². The highest BCUT2D eigenvalue weighted by Gasteiger charge is 2.23. The second-order valence-electron chi connectivity index (χ2n) is 6.10. The molecule has 0 saturated carbocycles. The van der Waals surface area contributed by atoms with Gasteiger partial charge in [-0.25, -0.2) is 9.97 Å². The Morgan fingerprint density at radius 2 is 1.96 bits per heavy atom. The number of aromatic nitrogens is 3. The third-order valence-corrected chi connectivity index (χ3v) is 4.23. The first-order valence-corrected chi connectivity index (χ1v) is 8.45. The molecule has 1 aliphatic rings. The molecule has 25 heavy (non-hydrogen) atoms. The van der Waals surface area contributed by atoms with Crippen LogP contribution < -0.4 is 5.32 Å². The minimum Gasteiger partial charge on any atom is -0.379 e. The second-order valence-corrected chi connectivity index (χ2v) is 6.10. The average molecular weight is 341 g/mol. The van der Waals surface area contributed by atoms with Crippen LogP contribution in [0, 0.1) is 13.8 Å². The van der Waals surface area contributed by atoms with Crippen LogP contribution in [-0.2, 0) is 4.74 Å². The zero-order valence-corrected chi connectivity index (χ0v) is 14.6. The number of aryl methyl sites for hydroxylation is 2. The molecule has 0 aromatic carbocycles. The molecule has 1 fully saturated rings. The summed E-state index contributed by atoms with van der Waals surface area (Å²) >= 11 is 0. The molecule has 3 heterocycles. The van der Waals surface area contributed by atoms with Crippen LogP contribution in [0.15, 0.2) is 30.6 Å². The van der Waals surface area contributed by atoms with E-state index >= 15 is 0 Å². The van der Waals surface area contributed by atoms with Gasteiger partial charge >= 0.3 is 0 Å². The molecule has 1 atom stereocenters. The van der Waals surface area contributed by atoms with E-state index in [9.17, 15) is 4.79 Å². The highest BCUT2D eigenvalue weighted by Crippen LogP contribution is 2.20. The van der Waals surface area contributed by atoms with Crippen molar-refractivity contribution in [3.05, 3.63) is 53.4 Å². The molecule has 0 spiro atoms. The fourth-order valence-corrected chi connectivity index (χ4v) is 3.05. The van der Waals surface area contributed by atoms with Crippen molar-refractivity contribution in [2.45, 2.75) is 19.9 Å². The van der Waals surface area contributed by atoms with Crippen LogP contribution in [0.25, 0.3) is 0 Å². The minimum atomic E-state index is -0.180. The smallest absolute Gasteiger partial charge is 0.270 e. The molecule has 3 rings (SSSR count). The largest absolute Gasteiger partial charge is 0.379 e. The third kappa shape index (κ3) is 4.58. The zero-order chi connectivity index (χ0) is 17.6. The quantitative estimate of drug-likeness (QED) is 0.883. The predicted molar refractivity (Wildman–Crippen MR) is 93.2 cm³/mol. The SMILES string of the molecule is Cc1cc(C(=O)NC[C@@H](c2ccncc2)N2CCOCC2)nc(C)n1. The predicted octanol–water partition coefficient (Wildman–Crippen LogP) is 1.29. The Morgan fingerprint density at radius 1 is 1.24 bits per heavy atom. The lowest BCUT2D eigenvalue weighted by atomic mass is 10.1. The van der Waals surface area contributed by atoms with Crippen molar-refractivity contribution in [3.8, 4) is 0 Å². The topological polar surface area (TPSA) is 80.2 Å². The van der Waals surface area contributed by atoms with Gasteiger partial charge in [0, 0.05) is 37.7 Å². The van der Waals surface area contributed by atoms with E-state index in [1.165, 1.54) is 0 Å². The Hall–Kier alpha value is -2.38. The number of nitrogens with one attached hydrogen (secondary N) is 1. The van der Waals surface area contributed by atoms with Gasteiger partial charge in [-0.15, -0.1) is 0 Å². The van der Waals surface area contributed by atoms with Crippen LogP contribution in [0.4, 0.5) is 0 Å². The fourth-order valence-electron chi connectivity index (χ4n) is 3.05. The van der Waals surface area contributed by atoms with Gasteiger partial charge in [0.25, 0.3) is 5.91 Å². The van der Waals surface area contributed by atoms with Crippen molar-refractivity contribution in [2.24, 2.45) is 0 Å². The van der Waals surface area contributed by atoms with E-state index in [2.05, 4.69) is 25.2 Å². The van der Waals surface area contributed by atoms with E-state index < -0.39 is 0 Å². The summed E-state index contributed by atoms with van der Waals surface area (Å²) in [5.41, 5.74) is 2.32. The molecule has 0 aliphatic carbocycles. The van der Waals surface area contributed by atoms with Crippen molar-refractivity contribution in [2.75, 3.05) is 32.8 Å². The molecule has 132 valence electrons. The van der Waals surface area contributed by atoms with Crippen molar-refractivity contribution >= 4 is 5.91 Å². The zero-order valence-electron chi connectivity index (χ0n) is 14.6. The van der Waals surface area contributed by atoms with Gasteiger partial charge < -0.3 is 10.1 Å². The summed E-state index contributed by atoms with van der Waals surface area (Å²) < 4.78 is 5.45. The number of carbonyl (C=O) groups is 1. The highest BCUT2D eigenvalue weighted by atomic mass is 16.5. The number of morpholine rings is 1. The Bertz CT molecular complexity index is 696. The number of carbonyl (C=O) groups excluding carboxylic acids is 1. The van der Waals surface area contributed by atoms with E-state index in [0.29, 0.717) is 31.3 Å². The van der Waals surface area contributed by atoms with E-state index in [1.54, 1.807) is 25.4 Å².